The summed E-state index contributed by atoms with van der Waals surface area (Å²) in [7, 11) is 1.87. The number of H-pyrrole nitrogens is 1. The number of hydrogen-bond donors (Lipinski definition) is 2. The van der Waals surface area contributed by atoms with Crippen molar-refractivity contribution < 1.29 is 4.79 Å². The van der Waals surface area contributed by atoms with Gasteiger partial charge in [0.15, 0.2) is 0 Å². The van der Waals surface area contributed by atoms with Gasteiger partial charge in [-0.2, -0.15) is 5.10 Å². The van der Waals surface area contributed by atoms with E-state index in [1.165, 1.54) is 0 Å². The summed E-state index contributed by atoms with van der Waals surface area (Å²) >= 11 is 3.45. The van der Waals surface area contributed by atoms with E-state index in [-0.39, 0.29) is 5.91 Å². The van der Waals surface area contributed by atoms with E-state index >= 15 is 0 Å². The lowest BCUT2D eigenvalue weighted by Gasteiger charge is -2.28. The average molecular weight is 375 g/mol. The summed E-state index contributed by atoms with van der Waals surface area (Å²) < 4.78 is 2.74. The largest absolute Gasteiger partial charge is 0.351 e. The van der Waals surface area contributed by atoms with Gasteiger partial charge in [-0.05, 0) is 37.6 Å². The molecule has 0 aliphatic carbocycles. The highest BCUT2D eigenvalue weighted by molar-refractivity contribution is 9.10. The molecule has 0 saturated heterocycles. The molecule has 1 amide bonds. The number of fused-ring (bicyclic) bond motifs is 1. The molecule has 120 valence electrons. The number of carbonyl (C=O) groups excluding carboxylic acids is 1. The molecule has 5 nitrogen and oxygen atoms in total. The van der Waals surface area contributed by atoms with Gasteiger partial charge in [-0.3, -0.25) is 9.48 Å². The van der Waals surface area contributed by atoms with Crippen molar-refractivity contribution in [2.75, 3.05) is 0 Å². The first-order chi connectivity index (χ1) is 10.9. The fourth-order valence-electron chi connectivity index (χ4n) is 2.61. The Hall–Kier alpha value is -2.08. The van der Waals surface area contributed by atoms with Crippen LogP contribution in [0.1, 0.15) is 36.3 Å². The molecular formula is C17H19BrN4O. The Balaban J connectivity index is 1.89. The van der Waals surface area contributed by atoms with E-state index < -0.39 is 5.54 Å². The van der Waals surface area contributed by atoms with Crippen LogP contribution in [0.25, 0.3) is 10.9 Å². The summed E-state index contributed by atoms with van der Waals surface area (Å²) in [4.78, 5) is 15.8. The van der Waals surface area contributed by atoms with Crippen molar-refractivity contribution in [3.8, 4) is 0 Å². The molecule has 23 heavy (non-hydrogen) atoms. The van der Waals surface area contributed by atoms with Gasteiger partial charge >= 0.3 is 0 Å². The summed E-state index contributed by atoms with van der Waals surface area (Å²) in [6.45, 7) is 4.07. The zero-order chi connectivity index (χ0) is 16.6. The summed E-state index contributed by atoms with van der Waals surface area (Å²) in [6, 6.07) is 7.76. The van der Waals surface area contributed by atoms with Crippen molar-refractivity contribution in [1.29, 1.82) is 0 Å². The summed E-state index contributed by atoms with van der Waals surface area (Å²) in [5, 5.41) is 8.34. The lowest BCUT2D eigenvalue weighted by atomic mass is 9.91. The van der Waals surface area contributed by atoms with Crippen molar-refractivity contribution in [2.24, 2.45) is 7.05 Å². The molecule has 0 radical (unpaired) electrons. The number of amides is 1. The molecule has 0 saturated carbocycles. The zero-order valence-corrected chi connectivity index (χ0v) is 14.9. The van der Waals surface area contributed by atoms with Crippen molar-refractivity contribution in [2.45, 2.75) is 25.8 Å². The second-order valence-corrected chi connectivity index (χ2v) is 6.87. The van der Waals surface area contributed by atoms with E-state index in [1.54, 1.807) is 10.9 Å². The Bertz CT molecular complexity index is 866. The van der Waals surface area contributed by atoms with Crippen molar-refractivity contribution in [3.63, 3.8) is 0 Å². The topological polar surface area (TPSA) is 62.7 Å². The summed E-state index contributed by atoms with van der Waals surface area (Å²) in [6.07, 6.45) is 4.51. The van der Waals surface area contributed by atoms with Gasteiger partial charge in [-0.1, -0.05) is 22.9 Å². The van der Waals surface area contributed by atoms with Gasteiger partial charge in [0.05, 0.1) is 11.7 Å². The van der Waals surface area contributed by atoms with Crippen LogP contribution in [0.4, 0.5) is 0 Å². The third kappa shape index (κ3) is 3.03. The number of carbonyl (C=O) groups is 1. The van der Waals surface area contributed by atoms with E-state index in [2.05, 4.69) is 38.3 Å². The van der Waals surface area contributed by atoms with Crippen LogP contribution in [-0.4, -0.2) is 20.7 Å². The minimum atomic E-state index is -0.455. The van der Waals surface area contributed by atoms with Crippen LogP contribution in [0, 0.1) is 0 Å². The Morgan fingerprint density at radius 1 is 1.43 bits per heavy atom. The maximum Gasteiger partial charge on any atom is 0.268 e. The van der Waals surface area contributed by atoms with Gasteiger partial charge in [0.1, 0.15) is 5.69 Å². The van der Waals surface area contributed by atoms with Crippen LogP contribution < -0.4 is 5.32 Å². The zero-order valence-electron chi connectivity index (χ0n) is 13.4. The Labute approximate surface area is 143 Å². The molecule has 1 atom stereocenters. The van der Waals surface area contributed by atoms with E-state index in [0.29, 0.717) is 5.69 Å². The Morgan fingerprint density at radius 2 is 2.22 bits per heavy atom. The average Bonchev–Trinajstić information content (AvgIpc) is 3.13. The number of nitrogens with one attached hydrogen (secondary N) is 2. The molecule has 0 fully saturated rings. The number of benzene rings is 1. The van der Waals surface area contributed by atoms with E-state index in [0.717, 1.165) is 27.4 Å². The van der Waals surface area contributed by atoms with Crippen LogP contribution in [0.2, 0.25) is 0 Å². The van der Waals surface area contributed by atoms with Crippen LogP contribution in [0.3, 0.4) is 0 Å². The number of rotatable bonds is 4. The van der Waals surface area contributed by atoms with Gasteiger partial charge in [-0.25, -0.2) is 0 Å². The molecule has 6 heteroatoms. The molecule has 0 aliphatic heterocycles. The highest BCUT2D eigenvalue weighted by Gasteiger charge is 2.28. The minimum Gasteiger partial charge on any atom is -0.351 e. The van der Waals surface area contributed by atoms with Gasteiger partial charge in [0.25, 0.3) is 5.91 Å². The number of aromatic nitrogens is 3. The maximum absolute atomic E-state index is 12.7. The van der Waals surface area contributed by atoms with Crippen molar-refractivity contribution >= 4 is 32.7 Å². The molecule has 1 aromatic carbocycles. The van der Waals surface area contributed by atoms with E-state index in [9.17, 15) is 4.79 Å². The maximum atomic E-state index is 12.7. The number of hydrogen-bond acceptors (Lipinski definition) is 2. The predicted molar refractivity (Wildman–Crippen MR) is 94.3 cm³/mol. The third-order valence-electron chi connectivity index (χ3n) is 4.27. The first-order valence-electron chi connectivity index (χ1n) is 7.51. The normalized spacial score (nSPS) is 13.9. The molecule has 2 N–H and O–H groups in total. The number of halogens is 1. The smallest absolute Gasteiger partial charge is 0.268 e. The number of aromatic amines is 1. The molecule has 1 unspecified atom stereocenters. The van der Waals surface area contributed by atoms with Crippen LogP contribution >= 0.6 is 15.9 Å². The lowest BCUT2D eigenvalue weighted by Crippen LogP contribution is -2.43. The molecular weight excluding hydrogens is 356 g/mol. The van der Waals surface area contributed by atoms with E-state index in [1.807, 2.05) is 44.4 Å². The van der Waals surface area contributed by atoms with Gasteiger partial charge in [0, 0.05) is 34.2 Å². The molecule has 3 rings (SSSR count). The second kappa shape index (κ2) is 5.85. The van der Waals surface area contributed by atoms with Gasteiger partial charge in [0.2, 0.25) is 0 Å². The monoisotopic (exact) mass is 374 g/mol. The Kier molecular flexibility index (Phi) is 4.02. The molecule has 0 spiro atoms. The fourth-order valence-corrected chi connectivity index (χ4v) is 2.99. The number of nitrogens with zero attached hydrogens (tertiary/aromatic N) is 2. The third-order valence-corrected chi connectivity index (χ3v) is 4.76. The van der Waals surface area contributed by atoms with Crippen LogP contribution in [-0.2, 0) is 12.6 Å². The molecule has 2 aromatic heterocycles. The molecule has 0 bridgehead atoms. The minimum absolute atomic E-state index is 0.120. The van der Waals surface area contributed by atoms with Crippen molar-refractivity contribution in [3.05, 3.63) is 52.4 Å². The van der Waals surface area contributed by atoms with Crippen molar-refractivity contribution in [1.82, 2.24) is 20.1 Å². The molecule has 3 aromatic rings. The van der Waals surface area contributed by atoms with Gasteiger partial charge in [-0.15, -0.1) is 0 Å². The molecule has 2 heterocycles. The SMILES string of the molecule is CCC(C)(NC(=O)c1cc2cc(Br)ccc2[nH]1)c1cnn(C)c1. The lowest BCUT2D eigenvalue weighted by molar-refractivity contribution is 0.0897. The van der Waals surface area contributed by atoms with E-state index in [4.69, 9.17) is 0 Å². The molecule has 0 aliphatic rings. The first-order valence-corrected chi connectivity index (χ1v) is 8.30. The fraction of sp³-hybridized carbons (Fsp3) is 0.294. The second-order valence-electron chi connectivity index (χ2n) is 5.96. The first kappa shape index (κ1) is 15.8. The van der Waals surface area contributed by atoms with Crippen LogP contribution in [0.5, 0.6) is 0 Å². The predicted octanol–water partition coefficient (Wildman–Crippen LogP) is 3.72. The highest BCUT2D eigenvalue weighted by Crippen LogP contribution is 2.25. The standard InChI is InChI=1S/C17H19BrN4O/c1-4-17(2,12-9-19-22(3)10-12)21-16(23)15-8-11-7-13(18)5-6-14(11)20-15/h5-10,20H,4H2,1-3H3,(H,21,23). The van der Waals surface area contributed by atoms with Crippen LogP contribution in [0.15, 0.2) is 41.1 Å². The highest BCUT2D eigenvalue weighted by atomic mass is 79.9. The van der Waals surface area contributed by atoms with Gasteiger partial charge < -0.3 is 10.3 Å². The number of aryl methyl sites for hydroxylation is 1. The quantitative estimate of drug-likeness (QED) is 0.730. The summed E-state index contributed by atoms with van der Waals surface area (Å²) in [5.74, 6) is -0.120. The Morgan fingerprint density at radius 3 is 2.87 bits per heavy atom. The summed E-state index contributed by atoms with van der Waals surface area (Å²) in [5.41, 5.74) is 2.04.